The second-order valence-corrected chi connectivity index (χ2v) is 7.47. The molecule has 31 heavy (non-hydrogen) atoms. The number of H-pyrrole nitrogens is 1. The summed E-state index contributed by atoms with van der Waals surface area (Å²) >= 11 is 6.24. The summed E-state index contributed by atoms with van der Waals surface area (Å²) in [4.78, 5) is 35.2. The maximum Gasteiger partial charge on any atom is 0.251 e. The molecule has 3 rings (SSSR count). The van der Waals surface area contributed by atoms with Crippen LogP contribution < -0.4 is 15.6 Å². The summed E-state index contributed by atoms with van der Waals surface area (Å²) in [6.45, 7) is 5.80. The van der Waals surface area contributed by atoms with E-state index in [2.05, 4.69) is 20.3 Å². The predicted octanol–water partition coefficient (Wildman–Crippen LogP) is 3.96. The van der Waals surface area contributed by atoms with Crippen LogP contribution in [0.1, 0.15) is 26.3 Å². The molecule has 2 N–H and O–H groups in total. The molecule has 7 nitrogen and oxygen atoms in total. The molecule has 0 aliphatic heterocycles. The summed E-state index contributed by atoms with van der Waals surface area (Å²) in [5.74, 6) is -0.668. The molecule has 0 radical (unpaired) electrons. The highest BCUT2D eigenvalue weighted by Gasteiger charge is 2.18. The van der Waals surface area contributed by atoms with Crippen molar-refractivity contribution >= 4 is 17.5 Å². The van der Waals surface area contributed by atoms with E-state index in [1.54, 1.807) is 26.0 Å². The van der Waals surface area contributed by atoms with Crippen molar-refractivity contribution in [1.82, 2.24) is 20.3 Å². The zero-order valence-electron chi connectivity index (χ0n) is 17.3. The van der Waals surface area contributed by atoms with Crippen LogP contribution in [0.4, 0.5) is 4.39 Å². The summed E-state index contributed by atoms with van der Waals surface area (Å²) in [5.41, 5.74) is 0.582. The second kappa shape index (κ2) is 9.70. The van der Waals surface area contributed by atoms with Crippen LogP contribution in [0.5, 0.6) is 5.88 Å². The SMILES string of the molecule is CCOc1ccc(-c2cc(=O)[nH]c(-c3c(Cl)ccc(CNC(=O)C(C)C)c3F)n2)cn1. The van der Waals surface area contributed by atoms with Crippen molar-refractivity contribution in [2.45, 2.75) is 27.3 Å². The molecule has 2 aromatic heterocycles. The van der Waals surface area contributed by atoms with Crippen LogP contribution in [-0.2, 0) is 11.3 Å². The fraction of sp³-hybridized carbons (Fsp3) is 0.273. The van der Waals surface area contributed by atoms with Gasteiger partial charge in [0.05, 0.1) is 22.9 Å². The molecule has 0 aliphatic rings. The number of hydrogen-bond donors (Lipinski definition) is 2. The standard InChI is InChI=1S/C22H22ClFN4O3/c1-4-31-18-8-6-13(10-25-18)16-9-17(29)28-21(27-16)19-15(23)7-5-14(20(19)24)11-26-22(30)12(2)3/h5-10,12H,4,11H2,1-3H3,(H,26,30)(H,27,28,29). The number of carbonyl (C=O) groups excluding carboxylic acids is 1. The summed E-state index contributed by atoms with van der Waals surface area (Å²) in [6.07, 6.45) is 1.52. The van der Waals surface area contributed by atoms with Crippen LogP contribution >= 0.6 is 11.6 Å². The number of benzene rings is 1. The van der Waals surface area contributed by atoms with Gasteiger partial charge in [0.25, 0.3) is 5.56 Å². The van der Waals surface area contributed by atoms with Gasteiger partial charge in [0, 0.05) is 41.9 Å². The number of hydrogen-bond acceptors (Lipinski definition) is 5. The third-order valence-electron chi connectivity index (χ3n) is 4.45. The number of ether oxygens (including phenoxy) is 1. The highest BCUT2D eigenvalue weighted by atomic mass is 35.5. The van der Waals surface area contributed by atoms with Gasteiger partial charge in [-0.1, -0.05) is 31.5 Å². The molecule has 162 valence electrons. The maximum atomic E-state index is 15.2. The van der Waals surface area contributed by atoms with Crippen molar-refractivity contribution in [2.75, 3.05) is 6.61 Å². The van der Waals surface area contributed by atoms with Gasteiger partial charge in [-0.05, 0) is 19.1 Å². The first-order valence-corrected chi connectivity index (χ1v) is 10.1. The van der Waals surface area contributed by atoms with E-state index in [1.165, 1.54) is 24.4 Å². The third-order valence-corrected chi connectivity index (χ3v) is 4.77. The molecule has 0 saturated carbocycles. The van der Waals surface area contributed by atoms with E-state index < -0.39 is 11.4 Å². The molecular formula is C22H22ClFN4O3. The molecule has 9 heteroatoms. The van der Waals surface area contributed by atoms with Crippen molar-refractivity contribution in [1.29, 1.82) is 0 Å². The van der Waals surface area contributed by atoms with Gasteiger partial charge < -0.3 is 15.0 Å². The van der Waals surface area contributed by atoms with Crippen LogP contribution in [0, 0.1) is 11.7 Å². The van der Waals surface area contributed by atoms with E-state index in [9.17, 15) is 9.59 Å². The highest BCUT2D eigenvalue weighted by molar-refractivity contribution is 6.33. The molecule has 0 bridgehead atoms. The largest absolute Gasteiger partial charge is 0.478 e. The normalized spacial score (nSPS) is 10.9. The van der Waals surface area contributed by atoms with Crippen LogP contribution in [0.15, 0.2) is 41.3 Å². The van der Waals surface area contributed by atoms with Gasteiger partial charge in [-0.2, -0.15) is 0 Å². The Morgan fingerprint density at radius 3 is 2.71 bits per heavy atom. The molecule has 2 heterocycles. The molecule has 1 amide bonds. The Labute approximate surface area is 183 Å². The molecule has 0 fully saturated rings. The monoisotopic (exact) mass is 444 g/mol. The van der Waals surface area contributed by atoms with Crippen LogP contribution in [0.25, 0.3) is 22.6 Å². The molecule has 0 spiro atoms. The number of nitrogens with zero attached hydrogens (tertiary/aromatic N) is 2. The zero-order chi connectivity index (χ0) is 22.5. The zero-order valence-corrected chi connectivity index (χ0v) is 18.1. The molecule has 3 aromatic rings. The third kappa shape index (κ3) is 5.27. The Bertz CT molecular complexity index is 1150. The van der Waals surface area contributed by atoms with E-state index in [0.29, 0.717) is 23.7 Å². The fourth-order valence-electron chi connectivity index (χ4n) is 2.82. The number of rotatable bonds is 7. The number of nitrogens with one attached hydrogen (secondary N) is 2. The van der Waals surface area contributed by atoms with Gasteiger partial charge >= 0.3 is 0 Å². The van der Waals surface area contributed by atoms with E-state index in [1.807, 2.05) is 6.92 Å². The Morgan fingerprint density at radius 1 is 1.29 bits per heavy atom. The quantitative estimate of drug-likeness (QED) is 0.574. The van der Waals surface area contributed by atoms with Gasteiger partial charge in [0.15, 0.2) is 0 Å². The molecule has 0 saturated heterocycles. The van der Waals surface area contributed by atoms with Crippen LogP contribution in [0.2, 0.25) is 5.02 Å². The number of amides is 1. The minimum absolute atomic E-state index is 0.0141. The van der Waals surface area contributed by atoms with Crippen molar-refractivity contribution in [2.24, 2.45) is 5.92 Å². The van der Waals surface area contributed by atoms with E-state index in [0.717, 1.165) is 0 Å². The Kier molecular flexibility index (Phi) is 7.02. The first kappa shape index (κ1) is 22.4. The lowest BCUT2D eigenvalue weighted by molar-refractivity contribution is -0.124. The maximum absolute atomic E-state index is 15.2. The van der Waals surface area contributed by atoms with Crippen molar-refractivity contribution < 1.29 is 13.9 Å². The van der Waals surface area contributed by atoms with Gasteiger partial charge in [0.1, 0.15) is 11.6 Å². The Morgan fingerprint density at radius 2 is 2.06 bits per heavy atom. The number of halogens is 2. The Balaban J connectivity index is 2.00. The average Bonchev–Trinajstić information content (AvgIpc) is 2.73. The average molecular weight is 445 g/mol. The number of aromatic nitrogens is 3. The predicted molar refractivity (Wildman–Crippen MR) is 116 cm³/mol. The Hall–Kier alpha value is -3.26. The molecule has 0 unspecified atom stereocenters. The minimum Gasteiger partial charge on any atom is -0.478 e. The van der Waals surface area contributed by atoms with Crippen LogP contribution in [-0.4, -0.2) is 27.5 Å². The van der Waals surface area contributed by atoms with Crippen molar-refractivity contribution in [3.8, 4) is 28.5 Å². The van der Waals surface area contributed by atoms with Crippen LogP contribution in [0.3, 0.4) is 0 Å². The van der Waals surface area contributed by atoms with E-state index in [4.69, 9.17) is 16.3 Å². The lowest BCUT2D eigenvalue weighted by Crippen LogP contribution is -2.27. The number of aromatic amines is 1. The summed E-state index contributed by atoms with van der Waals surface area (Å²) in [7, 11) is 0. The summed E-state index contributed by atoms with van der Waals surface area (Å²) in [6, 6.07) is 7.65. The second-order valence-electron chi connectivity index (χ2n) is 7.07. The smallest absolute Gasteiger partial charge is 0.251 e. The van der Waals surface area contributed by atoms with Gasteiger partial charge in [-0.25, -0.2) is 14.4 Å². The van der Waals surface area contributed by atoms with Gasteiger partial charge in [-0.15, -0.1) is 0 Å². The van der Waals surface area contributed by atoms with E-state index >= 15 is 4.39 Å². The summed E-state index contributed by atoms with van der Waals surface area (Å²) in [5, 5.41) is 2.75. The van der Waals surface area contributed by atoms with Crippen molar-refractivity contribution in [3.05, 3.63) is 63.3 Å². The summed E-state index contributed by atoms with van der Waals surface area (Å²) < 4.78 is 20.6. The lowest BCUT2D eigenvalue weighted by atomic mass is 10.1. The minimum atomic E-state index is -0.665. The number of pyridine rings is 1. The number of carbonyl (C=O) groups is 1. The van der Waals surface area contributed by atoms with Gasteiger partial charge in [0.2, 0.25) is 11.8 Å². The van der Waals surface area contributed by atoms with E-state index in [-0.39, 0.29) is 40.3 Å². The fourth-order valence-corrected chi connectivity index (χ4v) is 3.06. The molecule has 1 aromatic carbocycles. The molecule has 0 atom stereocenters. The first-order valence-electron chi connectivity index (χ1n) is 9.75. The first-order chi connectivity index (χ1) is 14.8. The lowest BCUT2D eigenvalue weighted by Gasteiger charge is -2.13. The van der Waals surface area contributed by atoms with Gasteiger partial charge in [-0.3, -0.25) is 9.59 Å². The topological polar surface area (TPSA) is 97.0 Å². The highest BCUT2D eigenvalue weighted by Crippen LogP contribution is 2.31. The molecule has 0 aliphatic carbocycles. The molecular weight excluding hydrogens is 423 g/mol. The van der Waals surface area contributed by atoms with Crippen molar-refractivity contribution in [3.63, 3.8) is 0 Å².